The molecule has 2 heterocycles. The highest BCUT2D eigenvalue weighted by Crippen LogP contribution is 2.28. The lowest BCUT2D eigenvalue weighted by molar-refractivity contribution is 0.568. The topological polar surface area (TPSA) is 42.9 Å². The summed E-state index contributed by atoms with van der Waals surface area (Å²) in [6.45, 7) is 0. The highest BCUT2D eigenvalue weighted by Gasteiger charge is 2.14. The van der Waals surface area contributed by atoms with E-state index in [1.807, 2.05) is 0 Å². The third-order valence-corrected chi connectivity index (χ3v) is 4.25. The molecule has 0 bridgehead atoms. The molecule has 2 aromatic heterocycles. The molecule has 0 aliphatic heterocycles. The summed E-state index contributed by atoms with van der Waals surface area (Å²) in [6.07, 6.45) is 4.66. The number of halogens is 1. The Kier molecular flexibility index (Phi) is 2.88. The van der Waals surface area contributed by atoms with Crippen LogP contribution in [-0.2, 0) is 10.8 Å². The van der Waals surface area contributed by atoms with E-state index in [0.29, 0.717) is 5.01 Å². The van der Waals surface area contributed by atoms with Crippen LogP contribution in [0.5, 0.6) is 0 Å². The number of aromatic nitrogens is 2. The fraction of sp³-hybridized carbons (Fsp3) is 0.111. The summed E-state index contributed by atoms with van der Waals surface area (Å²) in [6, 6.07) is 3.53. The molecule has 0 N–H and O–H groups in total. The van der Waals surface area contributed by atoms with Crippen LogP contribution in [-0.4, -0.2) is 20.4 Å². The van der Waals surface area contributed by atoms with Gasteiger partial charge in [0.2, 0.25) is 5.95 Å². The van der Waals surface area contributed by atoms with Gasteiger partial charge in [-0.15, -0.1) is 11.3 Å². The van der Waals surface area contributed by atoms with E-state index in [4.69, 9.17) is 0 Å². The van der Waals surface area contributed by atoms with E-state index in [2.05, 4.69) is 9.97 Å². The predicted molar refractivity (Wildman–Crippen MR) is 57.6 cm³/mol. The molecule has 0 fully saturated rings. The van der Waals surface area contributed by atoms with Gasteiger partial charge in [-0.3, -0.25) is 9.19 Å². The summed E-state index contributed by atoms with van der Waals surface area (Å²) in [5.41, 5.74) is 0.734. The normalized spacial score (nSPS) is 12.7. The Morgan fingerprint density at radius 2 is 2.33 bits per heavy atom. The Morgan fingerprint density at radius 3 is 2.87 bits per heavy atom. The maximum atomic E-state index is 13.2. The summed E-state index contributed by atoms with van der Waals surface area (Å²) in [5.74, 6) is -0.653. The van der Waals surface area contributed by atoms with E-state index in [9.17, 15) is 8.60 Å². The van der Waals surface area contributed by atoms with Crippen LogP contribution in [0.15, 0.2) is 28.7 Å². The van der Waals surface area contributed by atoms with E-state index in [0.717, 1.165) is 16.9 Å². The van der Waals surface area contributed by atoms with Gasteiger partial charge in [-0.25, -0.2) is 4.98 Å². The van der Waals surface area contributed by atoms with E-state index < -0.39 is 16.7 Å². The zero-order valence-electron chi connectivity index (χ0n) is 7.81. The molecule has 15 heavy (non-hydrogen) atoms. The summed E-state index contributed by atoms with van der Waals surface area (Å²) in [5, 5.41) is 0.505. The number of nitrogens with zero attached hydrogens (tertiary/aromatic N) is 2. The first-order valence-electron chi connectivity index (χ1n) is 4.08. The van der Waals surface area contributed by atoms with Crippen LogP contribution in [0.4, 0.5) is 4.39 Å². The second-order valence-electron chi connectivity index (χ2n) is 2.79. The Balaban J connectivity index is 2.48. The van der Waals surface area contributed by atoms with Crippen LogP contribution in [0.2, 0.25) is 0 Å². The SMILES string of the molecule is CS(=O)c1sc(-c2cccnc2)nc1F. The molecule has 0 aromatic carbocycles. The first kappa shape index (κ1) is 10.4. The summed E-state index contributed by atoms with van der Waals surface area (Å²) in [4.78, 5) is 7.63. The van der Waals surface area contributed by atoms with Gasteiger partial charge < -0.3 is 0 Å². The minimum atomic E-state index is -1.33. The second-order valence-corrected chi connectivity index (χ2v) is 5.37. The Bertz CT molecular complexity index is 498. The molecular weight excluding hydrogens is 235 g/mol. The molecule has 3 nitrogen and oxygen atoms in total. The molecule has 1 atom stereocenters. The largest absolute Gasteiger partial charge is 0.264 e. The van der Waals surface area contributed by atoms with Crippen LogP contribution >= 0.6 is 11.3 Å². The molecule has 78 valence electrons. The molecule has 0 radical (unpaired) electrons. The van der Waals surface area contributed by atoms with Crippen LogP contribution in [0.1, 0.15) is 0 Å². The number of rotatable bonds is 2. The van der Waals surface area contributed by atoms with E-state index in [1.165, 1.54) is 6.26 Å². The fourth-order valence-electron chi connectivity index (χ4n) is 1.08. The maximum Gasteiger partial charge on any atom is 0.240 e. The number of hydrogen-bond donors (Lipinski definition) is 0. The molecule has 0 aliphatic rings. The van der Waals surface area contributed by atoms with Gasteiger partial charge in [0, 0.05) is 24.2 Å². The maximum absolute atomic E-state index is 13.2. The van der Waals surface area contributed by atoms with Crippen molar-refractivity contribution in [3.05, 3.63) is 30.5 Å². The average Bonchev–Trinajstić information content (AvgIpc) is 2.62. The summed E-state index contributed by atoms with van der Waals surface area (Å²) >= 11 is 1.09. The van der Waals surface area contributed by atoms with Crippen LogP contribution in [0, 0.1) is 5.95 Å². The molecule has 0 spiro atoms. The first-order chi connectivity index (χ1) is 7.18. The fourth-order valence-corrected chi connectivity index (χ4v) is 2.74. The van der Waals surface area contributed by atoms with Crippen LogP contribution in [0.3, 0.4) is 0 Å². The van der Waals surface area contributed by atoms with Gasteiger partial charge in [-0.05, 0) is 12.1 Å². The number of thiazole rings is 1. The van der Waals surface area contributed by atoms with Crippen molar-refractivity contribution in [1.82, 2.24) is 9.97 Å². The lowest BCUT2D eigenvalue weighted by Gasteiger charge is -1.91. The minimum absolute atomic E-state index is 0.175. The zero-order valence-corrected chi connectivity index (χ0v) is 9.44. The van der Waals surface area contributed by atoms with Crippen molar-refractivity contribution < 1.29 is 8.60 Å². The molecular formula is C9H7FN2OS2. The molecule has 2 aromatic rings. The number of pyridine rings is 1. The highest BCUT2D eigenvalue weighted by molar-refractivity contribution is 7.86. The highest BCUT2D eigenvalue weighted by atomic mass is 32.2. The lowest BCUT2D eigenvalue weighted by atomic mass is 10.3. The van der Waals surface area contributed by atoms with Crippen molar-refractivity contribution in [3.8, 4) is 10.6 Å². The van der Waals surface area contributed by atoms with Gasteiger partial charge in [0.1, 0.15) is 9.22 Å². The van der Waals surface area contributed by atoms with Gasteiger partial charge in [-0.2, -0.15) is 4.39 Å². The standard InChI is InChI=1S/C9H7FN2OS2/c1-15(13)9-7(10)12-8(14-9)6-3-2-4-11-5-6/h2-5H,1H3. The molecule has 6 heteroatoms. The van der Waals surface area contributed by atoms with Crippen molar-refractivity contribution in [2.75, 3.05) is 6.26 Å². The van der Waals surface area contributed by atoms with Gasteiger partial charge in [0.05, 0.1) is 10.8 Å². The Labute approximate surface area is 92.5 Å². The van der Waals surface area contributed by atoms with E-state index >= 15 is 0 Å². The zero-order chi connectivity index (χ0) is 10.8. The second kappa shape index (κ2) is 4.16. The summed E-state index contributed by atoms with van der Waals surface area (Å²) in [7, 11) is -1.33. The van der Waals surface area contributed by atoms with Gasteiger partial charge in [0.15, 0.2) is 0 Å². The van der Waals surface area contributed by atoms with Crippen molar-refractivity contribution >= 4 is 22.1 Å². The van der Waals surface area contributed by atoms with Crippen molar-refractivity contribution in [1.29, 1.82) is 0 Å². The van der Waals surface area contributed by atoms with Crippen molar-refractivity contribution in [2.45, 2.75) is 4.21 Å². The molecule has 0 saturated carbocycles. The average molecular weight is 242 g/mol. The van der Waals surface area contributed by atoms with Gasteiger partial charge >= 0.3 is 0 Å². The Morgan fingerprint density at radius 1 is 1.53 bits per heavy atom. The molecule has 2 rings (SSSR count). The predicted octanol–water partition coefficient (Wildman–Crippen LogP) is 2.08. The lowest BCUT2D eigenvalue weighted by Crippen LogP contribution is -1.86. The van der Waals surface area contributed by atoms with Crippen LogP contribution < -0.4 is 0 Å². The monoisotopic (exact) mass is 242 g/mol. The summed E-state index contributed by atoms with van der Waals surface area (Å²) < 4.78 is 24.5. The molecule has 0 amide bonds. The third-order valence-electron chi connectivity index (χ3n) is 1.73. The molecule has 0 aliphatic carbocycles. The smallest absolute Gasteiger partial charge is 0.240 e. The number of hydrogen-bond acceptors (Lipinski definition) is 4. The first-order valence-corrected chi connectivity index (χ1v) is 6.46. The molecule has 1 unspecified atom stereocenters. The van der Waals surface area contributed by atoms with Crippen LogP contribution in [0.25, 0.3) is 10.6 Å². The van der Waals surface area contributed by atoms with Crippen molar-refractivity contribution in [3.63, 3.8) is 0 Å². The third kappa shape index (κ3) is 2.10. The van der Waals surface area contributed by atoms with E-state index in [1.54, 1.807) is 24.5 Å². The van der Waals surface area contributed by atoms with Crippen molar-refractivity contribution in [2.24, 2.45) is 0 Å². The quantitative estimate of drug-likeness (QED) is 0.809. The Hall–Kier alpha value is -1.14. The molecule has 0 saturated heterocycles. The van der Waals surface area contributed by atoms with Gasteiger partial charge in [-0.1, -0.05) is 0 Å². The van der Waals surface area contributed by atoms with E-state index in [-0.39, 0.29) is 4.21 Å². The van der Waals surface area contributed by atoms with Gasteiger partial charge in [0.25, 0.3) is 0 Å². The minimum Gasteiger partial charge on any atom is -0.264 e.